The third kappa shape index (κ3) is 4.22. The SMILES string of the molecule is Cn1c(=O)c(C(=O)NCc2ccc(Cl)cc2)cc2nccc(OCC3(S(C)(=O)=O)CC3)c21. The van der Waals surface area contributed by atoms with Gasteiger partial charge in [0.1, 0.15) is 28.2 Å². The van der Waals surface area contributed by atoms with Crippen molar-refractivity contribution in [3.8, 4) is 5.75 Å². The average Bonchev–Trinajstić information content (AvgIpc) is 3.55. The Morgan fingerprint density at radius 1 is 1.25 bits per heavy atom. The number of sulfone groups is 1. The van der Waals surface area contributed by atoms with Gasteiger partial charge >= 0.3 is 0 Å². The second-order valence-electron chi connectivity index (χ2n) is 8.02. The molecule has 1 saturated carbocycles. The number of carbonyl (C=O) groups is 1. The second kappa shape index (κ2) is 8.22. The number of aromatic nitrogens is 2. The van der Waals surface area contributed by atoms with Gasteiger partial charge in [-0.25, -0.2) is 8.42 Å². The molecule has 3 aromatic rings. The van der Waals surface area contributed by atoms with Crippen molar-refractivity contribution < 1.29 is 17.9 Å². The summed E-state index contributed by atoms with van der Waals surface area (Å²) in [7, 11) is -1.73. The Balaban J connectivity index is 1.60. The van der Waals surface area contributed by atoms with Crippen molar-refractivity contribution in [2.24, 2.45) is 7.05 Å². The van der Waals surface area contributed by atoms with Crippen LogP contribution in [0.25, 0.3) is 11.0 Å². The first-order chi connectivity index (χ1) is 15.1. The van der Waals surface area contributed by atoms with Crippen molar-refractivity contribution in [2.75, 3.05) is 12.9 Å². The number of benzene rings is 1. The van der Waals surface area contributed by atoms with Crippen LogP contribution in [0.1, 0.15) is 28.8 Å². The molecule has 1 N–H and O–H groups in total. The Labute approximate surface area is 190 Å². The molecule has 0 bridgehead atoms. The van der Waals surface area contributed by atoms with E-state index in [1.165, 1.54) is 30.1 Å². The van der Waals surface area contributed by atoms with E-state index in [0.717, 1.165) is 5.56 Å². The largest absolute Gasteiger partial charge is 0.490 e. The number of ether oxygens (including phenoxy) is 1. The van der Waals surface area contributed by atoms with Crippen LogP contribution in [-0.2, 0) is 23.4 Å². The molecule has 1 aromatic carbocycles. The summed E-state index contributed by atoms with van der Waals surface area (Å²) in [6, 6.07) is 10.0. The number of pyridine rings is 2. The molecule has 0 saturated heterocycles. The molecule has 0 radical (unpaired) electrons. The molecule has 168 valence electrons. The van der Waals surface area contributed by atoms with Crippen molar-refractivity contribution in [3.05, 3.63) is 69.1 Å². The molecule has 0 aliphatic heterocycles. The molecular weight excluding hydrogens is 454 g/mol. The van der Waals surface area contributed by atoms with Gasteiger partial charge in [0.05, 0.1) is 5.52 Å². The minimum absolute atomic E-state index is 0.00245. The maximum absolute atomic E-state index is 12.9. The maximum Gasteiger partial charge on any atom is 0.263 e. The molecule has 1 fully saturated rings. The fourth-order valence-corrected chi connectivity index (χ4v) is 4.75. The number of hydrogen-bond acceptors (Lipinski definition) is 6. The molecule has 1 aliphatic rings. The molecule has 32 heavy (non-hydrogen) atoms. The maximum atomic E-state index is 12.9. The van der Waals surface area contributed by atoms with E-state index in [-0.39, 0.29) is 18.7 Å². The van der Waals surface area contributed by atoms with E-state index in [2.05, 4.69) is 10.3 Å². The van der Waals surface area contributed by atoms with Crippen LogP contribution in [0.4, 0.5) is 0 Å². The van der Waals surface area contributed by atoms with E-state index in [4.69, 9.17) is 16.3 Å². The Morgan fingerprint density at radius 2 is 1.94 bits per heavy atom. The van der Waals surface area contributed by atoms with Gasteiger partial charge < -0.3 is 14.6 Å². The number of amides is 1. The highest BCUT2D eigenvalue weighted by Crippen LogP contribution is 2.43. The summed E-state index contributed by atoms with van der Waals surface area (Å²) in [6.07, 6.45) is 3.80. The van der Waals surface area contributed by atoms with Crippen LogP contribution in [-0.4, -0.2) is 41.5 Å². The van der Waals surface area contributed by atoms with E-state index in [1.807, 2.05) is 0 Å². The van der Waals surface area contributed by atoms with Crippen molar-refractivity contribution in [1.82, 2.24) is 14.9 Å². The van der Waals surface area contributed by atoms with Gasteiger partial charge in [0, 0.05) is 37.1 Å². The first kappa shape index (κ1) is 22.3. The molecule has 4 rings (SSSR count). The average molecular weight is 476 g/mol. The Morgan fingerprint density at radius 3 is 2.56 bits per heavy atom. The number of aryl methyl sites for hydroxylation is 1. The normalized spacial score (nSPS) is 14.8. The number of hydrogen-bond donors (Lipinski definition) is 1. The number of nitrogens with zero attached hydrogens (tertiary/aromatic N) is 2. The third-order valence-corrected chi connectivity index (χ3v) is 8.11. The van der Waals surface area contributed by atoms with Gasteiger partial charge in [0.25, 0.3) is 11.5 Å². The zero-order valence-corrected chi connectivity index (χ0v) is 19.2. The van der Waals surface area contributed by atoms with Gasteiger partial charge in [-0.3, -0.25) is 14.6 Å². The number of carbonyl (C=O) groups excluding carboxylic acids is 1. The zero-order valence-electron chi connectivity index (χ0n) is 17.6. The molecule has 2 aromatic heterocycles. The van der Waals surface area contributed by atoms with Crippen LogP contribution in [0.15, 0.2) is 47.4 Å². The quantitative estimate of drug-likeness (QED) is 0.562. The van der Waals surface area contributed by atoms with Crippen molar-refractivity contribution in [2.45, 2.75) is 24.1 Å². The highest BCUT2D eigenvalue weighted by atomic mass is 35.5. The van der Waals surface area contributed by atoms with E-state index >= 15 is 0 Å². The van der Waals surface area contributed by atoms with Crippen LogP contribution >= 0.6 is 11.6 Å². The lowest BCUT2D eigenvalue weighted by atomic mass is 10.2. The Bertz CT molecular complexity index is 1360. The molecule has 0 spiro atoms. The number of nitrogens with one attached hydrogen (secondary N) is 1. The molecule has 0 unspecified atom stereocenters. The highest BCUT2D eigenvalue weighted by Gasteiger charge is 2.53. The van der Waals surface area contributed by atoms with Crippen LogP contribution in [0.3, 0.4) is 0 Å². The van der Waals surface area contributed by atoms with Crippen molar-refractivity contribution in [1.29, 1.82) is 0 Å². The van der Waals surface area contributed by atoms with Gasteiger partial charge in [0.15, 0.2) is 9.84 Å². The zero-order chi connectivity index (χ0) is 23.1. The standard InChI is InChI=1S/C22H22ClN3O5S/c1-26-19-17(24-10-7-18(19)31-13-22(8-9-22)32(2,29)30)11-16(21(26)28)20(27)25-12-14-3-5-15(23)6-4-14/h3-7,10-11H,8-9,12-13H2,1-2H3,(H,25,27). The van der Waals surface area contributed by atoms with Gasteiger partial charge in [0.2, 0.25) is 0 Å². The molecule has 1 amide bonds. The van der Waals surface area contributed by atoms with Crippen LogP contribution in [0.2, 0.25) is 5.02 Å². The first-order valence-corrected chi connectivity index (χ1v) is 12.2. The molecule has 1 aliphatic carbocycles. The van der Waals surface area contributed by atoms with Gasteiger partial charge in [-0.2, -0.15) is 0 Å². The topological polar surface area (TPSA) is 107 Å². The fourth-order valence-electron chi connectivity index (χ4n) is 3.50. The predicted octanol–water partition coefficient (Wildman–Crippen LogP) is 2.47. The van der Waals surface area contributed by atoms with Crippen molar-refractivity contribution >= 4 is 38.4 Å². The minimum atomic E-state index is -3.25. The smallest absolute Gasteiger partial charge is 0.263 e. The first-order valence-electron chi connectivity index (χ1n) is 9.95. The van der Waals surface area contributed by atoms with Gasteiger partial charge in [-0.05, 0) is 36.6 Å². The van der Waals surface area contributed by atoms with Crippen LogP contribution in [0.5, 0.6) is 5.75 Å². The summed E-state index contributed by atoms with van der Waals surface area (Å²) >= 11 is 5.87. The molecule has 10 heteroatoms. The summed E-state index contributed by atoms with van der Waals surface area (Å²) in [5.41, 5.74) is 1.08. The van der Waals surface area contributed by atoms with E-state index < -0.39 is 26.1 Å². The monoisotopic (exact) mass is 475 g/mol. The predicted molar refractivity (Wildman–Crippen MR) is 122 cm³/mol. The summed E-state index contributed by atoms with van der Waals surface area (Å²) in [5.74, 6) is -0.178. The van der Waals surface area contributed by atoms with Gasteiger partial charge in [-0.15, -0.1) is 0 Å². The van der Waals surface area contributed by atoms with E-state index in [1.54, 1.807) is 30.3 Å². The summed E-state index contributed by atoms with van der Waals surface area (Å²) in [5, 5.41) is 3.33. The highest BCUT2D eigenvalue weighted by molar-refractivity contribution is 7.92. The van der Waals surface area contributed by atoms with E-state index in [9.17, 15) is 18.0 Å². The second-order valence-corrected chi connectivity index (χ2v) is 10.9. The number of rotatable bonds is 7. The van der Waals surface area contributed by atoms with Crippen LogP contribution in [0, 0.1) is 0 Å². The molecule has 8 nitrogen and oxygen atoms in total. The molecule has 0 atom stereocenters. The lowest BCUT2D eigenvalue weighted by molar-refractivity contribution is 0.0949. The van der Waals surface area contributed by atoms with Crippen molar-refractivity contribution in [3.63, 3.8) is 0 Å². The molecule has 2 heterocycles. The lowest BCUT2D eigenvalue weighted by Gasteiger charge is -2.17. The number of fused-ring (bicyclic) bond motifs is 1. The minimum Gasteiger partial charge on any atom is -0.490 e. The fraction of sp³-hybridized carbons (Fsp3) is 0.318. The summed E-state index contributed by atoms with van der Waals surface area (Å²) in [6.45, 7) is 0.240. The summed E-state index contributed by atoms with van der Waals surface area (Å²) < 4.78 is 30.3. The lowest BCUT2D eigenvalue weighted by Crippen LogP contribution is -2.32. The van der Waals surface area contributed by atoms with Crippen LogP contribution < -0.4 is 15.6 Å². The van der Waals surface area contributed by atoms with E-state index in [0.29, 0.717) is 34.6 Å². The number of halogens is 1. The van der Waals surface area contributed by atoms with Gasteiger partial charge in [-0.1, -0.05) is 23.7 Å². The Hall–Kier alpha value is -2.91. The third-order valence-electron chi connectivity index (χ3n) is 5.76. The Kier molecular flexibility index (Phi) is 5.72. The molecular formula is C22H22ClN3O5S. The summed E-state index contributed by atoms with van der Waals surface area (Å²) in [4.78, 5) is 29.9.